The Morgan fingerprint density at radius 1 is 1.05 bits per heavy atom. The number of anilines is 1. The number of nitrogens with one attached hydrogen (secondary N) is 1. The normalized spacial score (nSPS) is 9.90. The smallest absolute Gasteiger partial charge is 0.148 e. The molecule has 2 rings (SSSR count). The van der Waals surface area contributed by atoms with Crippen LogP contribution in [-0.2, 0) is 13.0 Å². The van der Waals surface area contributed by atoms with Gasteiger partial charge in [0.2, 0.25) is 0 Å². The molecule has 108 valence electrons. The van der Waals surface area contributed by atoms with Gasteiger partial charge in [0.25, 0.3) is 0 Å². The molecule has 0 fully saturated rings. The van der Waals surface area contributed by atoms with Crippen LogP contribution in [0.5, 0.6) is 5.75 Å². The summed E-state index contributed by atoms with van der Waals surface area (Å²) in [6.45, 7) is 3.21. The molecule has 2 nitrogen and oxygen atoms in total. The number of hydrogen-bond donors (Lipinski definition) is 1. The lowest BCUT2D eigenvalue weighted by molar-refractivity contribution is 0.366. The zero-order valence-corrected chi connectivity index (χ0v) is 12.4. The number of terminal acetylenes is 1. The zero-order chi connectivity index (χ0) is 14.9. The van der Waals surface area contributed by atoms with E-state index in [0.29, 0.717) is 6.61 Å². The molecule has 2 aromatic carbocycles. The molecular weight excluding hydrogens is 258 g/mol. The highest BCUT2D eigenvalue weighted by molar-refractivity contribution is 5.52. The second kappa shape index (κ2) is 8.01. The van der Waals surface area contributed by atoms with E-state index in [1.54, 1.807) is 0 Å². The molecule has 0 bridgehead atoms. The number of aryl methyl sites for hydroxylation is 1. The third kappa shape index (κ3) is 4.29. The van der Waals surface area contributed by atoms with Crippen LogP contribution in [0.3, 0.4) is 0 Å². The molecule has 0 aliphatic heterocycles. The summed E-state index contributed by atoms with van der Waals surface area (Å²) in [5, 5.41) is 3.50. The molecule has 1 N–H and O–H groups in total. The zero-order valence-electron chi connectivity index (χ0n) is 12.4. The van der Waals surface area contributed by atoms with Crippen molar-refractivity contribution >= 4 is 5.69 Å². The summed E-state index contributed by atoms with van der Waals surface area (Å²) in [6, 6.07) is 16.4. The van der Waals surface area contributed by atoms with E-state index < -0.39 is 0 Å². The Hall–Kier alpha value is -2.40. The number of rotatable bonds is 7. The fraction of sp³-hybridized carbons (Fsp3) is 0.263. The first kappa shape index (κ1) is 15.0. The van der Waals surface area contributed by atoms with Crippen LogP contribution in [0.25, 0.3) is 0 Å². The molecule has 2 heteroatoms. The fourth-order valence-electron chi connectivity index (χ4n) is 2.28. The van der Waals surface area contributed by atoms with Crippen molar-refractivity contribution in [3.63, 3.8) is 0 Å². The van der Waals surface area contributed by atoms with E-state index in [1.807, 2.05) is 18.2 Å². The van der Waals surface area contributed by atoms with Crippen molar-refractivity contribution in [1.82, 2.24) is 0 Å². The Morgan fingerprint density at radius 2 is 1.76 bits per heavy atom. The summed E-state index contributed by atoms with van der Waals surface area (Å²) >= 11 is 0. The van der Waals surface area contributed by atoms with E-state index in [4.69, 9.17) is 11.2 Å². The first-order chi connectivity index (χ1) is 10.3. The summed E-state index contributed by atoms with van der Waals surface area (Å²) < 4.78 is 5.58. The van der Waals surface area contributed by atoms with E-state index in [0.717, 1.165) is 30.7 Å². The van der Waals surface area contributed by atoms with Crippen molar-refractivity contribution in [2.45, 2.75) is 26.3 Å². The van der Waals surface area contributed by atoms with Gasteiger partial charge in [-0.1, -0.05) is 55.7 Å². The lowest BCUT2D eigenvalue weighted by Crippen LogP contribution is -2.05. The van der Waals surface area contributed by atoms with Crippen LogP contribution in [0, 0.1) is 12.3 Å². The van der Waals surface area contributed by atoms with Gasteiger partial charge in [-0.15, -0.1) is 6.42 Å². The highest BCUT2D eigenvalue weighted by Crippen LogP contribution is 2.22. The minimum Gasteiger partial charge on any atom is -0.481 e. The van der Waals surface area contributed by atoms with Gasteiger partial charge < -0.3 is 10.1 Å². The molecular formula is C19H21NO. The Morgan fingerprint density at radius 3 is 2.52 bits per heavy atom. The molecule has 0 atom stereocenters. The van der Waals surface area contributed by atoms with Gasteiger partial charge in [-0.25, -0.2) is 0 Å². The predicted octanol–water partition coefficient (Wildman–Crippen LogP) is 4.26. The van der Waals surface area contributed by atoms with Gasteiger partial charge in [-0.05, 0) is 24.1 Å². The van der Waals surface area contributed by atoms with Crippen LogP contribution < -0.4 is 10.1 Å². The lowest BCUT2D eigenvalue weighted by Gasteiger charge is -2.14. The van der Waals surface area contributed by atoms with Crippen molar-refractivity contribution in [2.24, 2.45) is 0 Å². The average Bonchev–Trinajstić information content (AvgIpc) is 2.53. The lowest BCUT2D eigenvalue weighted by atomic mass is 10.1. The summed E-state index contributed by atoms with van der Waals surface area (Å²) in [4.78, 5) is 0. The Labute approximate surface area is 127 Å². The van der Waals surface area contributed by atoms with E-state index in [-0.39, 0.29) is 0 Å². The first-order valence-corrected chi connectivity index (χ1v) is 7.31. The van der Waals surface area contributed by atoms with Crippen LogP contribution >= 0.6 is 0 Å². The summed E-state index contributed by atoms with van der Waals surface area (Å²) in [6.07, 6.45) is 7.48. The van der Waals surface area contributed by atoms with Crippen molar-refractivity contribution in [3.8, 4) is 18.1 Å². The molecule has 21 heavy (non-hydrogen) atoms. The van der Waals surface area contributed by atoms with Gasteiger partial charge in [-0.3, -0.25) is 0 Å². The van der Waals surface area contributed by atoms with Crippen molar-refractivity contribution < 1.29 is 4.74 Å². The van der Waals surface area contributed by atoms with Crippen LogP contribution in [0.2, 0.25) is 0 Å². The molecule has 0 radical (unpaired) electrons. The number of ether oxygens (including phenoxy) is 1. The van der Waals surface area contributed by atoms with Crippen LogP contribution in [0.4, 0.5) is 5.69 Å². The Balaban J connectivity index is 2.08. The third-order valence-corrected chi connectivity index (χ3v) is 3.29. The second-order valence-electron chi connectivity index (χ2n) is 4.86. The maximum atomic E-state index is 5.58. The second-order valence-corrected chi connectivity index (χ2v) is 4.86. The van der Waals surface area contributed by atoms with E-state index in [9.17, 15) is 0 Å². The molecule has 0 unspecified atom stereocenters. The van der Waals surface area contributed by atoms with Gasteiger partial charge in [0.15, 0.2) is 0 Å². The first-order valence-electron chi connectivity index (χ1n) is 7.31. The van der Waals surface area contributed by atoms with Crippen molar-refractivity contribution in [1.29, 1.82) is 0 Å². The molecule has 0 amide bonds. The minimum absolute atomic E-state index is 0.295. The SMILES string of the molecule is C#CCOc1ccccc1CNc1ccccc1CCC. The van der Waals surface area contributed by atoms with E-state index in [2.05, 4.69) is 48.5 Å². The van der Waals surface area contributed by atoms with Gasteiger partial charge in [0.05, 0.1) is 0 Å². The van der Waals surface area contributed by atoms with Crippen molar-refractivity contribution in [2.75, 3.05) is 11.9 Å². The number of benzene rings is 2. The van der Waals surface area contributed by atoms with Crippen LogP contribution in [-0.4, -0.2) is 6.61 Å². The summed E-state index contributed by atoms with van der Waals surface area (Å²) in [7, 11) is 0. The molecule has 0 aliphatic carbocycles. The molecule has 0 aliphatic rings. The quantitative estimate of drug-likeness (QED) is 0.764. The standard InChI is InChI=1S/C19H21NO/c1-3-9-16-10-5-7-12-18(16)20-15-17-11-6-8-13-19(17)21-14-4-2/h2,5-8,10-13,20H,3,9,14-15H2,1H3. The highest BCUT2D eigenvalue weighted by atomic mass is 16.5. The summed E-state index contributed by atoms with van der Waals surface area (Å²) in [5.74, 6) is 3.34. The molecule has 0 heterocycles. The Bertz CT molecular complexity index is 613. The maximum Gasteiger partial charge on any atom is 0.148 e. The van der Waals surface area contributed by atoms with Gasteiger partial charge in [-0.2, -0.15) is 0 Å². The van der Waals surface area contributed by atoms with Crippen molar-refractivity contribution in [3.05, 3.63) is 59.7 Å². The van der Waals surface area contributed by atoms with Crippen LogP contribution in [0.15, 0.2) is 48.5 Å². The monoisotopic (exact) mass is 279 g/mol. The summed E-state index contributed by atoms with van der Waals surface area (Å²) in [5.41, 5.74) is 3.65. The number of para-hydroxylation sites is 2. The van der Waals surface area contributed by atoms with Gasteiger partial charge in [0.1, 0.15) is 12.4 Å². The average molecular weight is 279 g/mol. The fourth-order valence-corrected chi connectivity index (χ4v) is 2.28. The maximum absolute atomic E-state index is 5.58. The minimum atomic E-state index is 0.295. The van der Waals surface area contributed by atoms with E-state index >= 15 is 0 Å². The Kier molecular flexibility index (Phi) is 5.72. The topological polar surface area (TPSA) is 21.3 Å². The third-order valence-electron chi connectivity index (χ3n) is 3.29. The molecule has 0 saturated heterocycles. The van der Waals surface area contributed by atoms with E-state index in [1.165, 1.54) is 11.3 Å². The molecule has 0 saturated carbocycles. The van der Waals surface area contributed by atoms with Gasteiger partial charge >= 0.3 is 0 Å². The predicted molar refractivity (Wildman–Crippen MR) is 88.5 cm³/mol. The largest absolute Gasteiger partial charge is 0.481 e. The molecule has 2 aromatic rings. The molecule has 0 aromatic heterocycles. The number of hydrogen-bond acceptors (Lipinski definition) is 2. The molecule has 0 spiro atoms. The highest BCUT2D eigenvalue weighted by Gasteiger charge is 2.04. The van der Waals surface area contributed by atoms with Crippen LogP contribution in [0.1, 0.15) is 24.5 Å². The van der Waals surface area contributed by atoms with Gasteiger partial charge in [0, 0.05) is 17.8 Å².